The normalized spacial score (nSPS) is 15.6. The summed E-state index contributed by atoms with van der Waals surface area (Å²) in [6, 6.07) is 2.21. The first-order chi connectivity index (χ1) is 8.24. The van der Waals surface area contributed by atoms with E-state index in [4.69, 9.17) is 0 Å². The Kier molecular flexibility index (Phi) is 4.42. The van der Waals surface area contributed by atoms with Gasteiger partial charge in [-0.05, 0) is 42.2 Å². The van der Waals surface area contributed by atoms with Gasteiger partial charge in [-0.15, -0.1) is 11.3 Å². The summed E-state index contributed by atoms with van der Waals surface area (Å²) in [4.78, 5) is 4.58. The number of aliphatic imine (C=N–C) groups is 1. The van der Waals surface area contributed by atoms with Crippen LogP contribution in [-0.4, -0.2) is 19.0 Å². The highest BCUT2D eigenvalue weighted by Gasteiger charge is 2.05. The minimum atomic E-state index is 0.770. The van der Waals surface area contributed by atoms with Crippen LogP contribution in [0.2, 0.25) is 0 Å². The third-order valence-electron chi connectivity index (χ3n) is 2.81. The van der Waals surface area contributed by atoms with Gasteiger partial charge in [-0.3, -0.25) is 0 Å². The zero-order chi connectivity index (χ0) is 12.1. The van der Waals surface area contributed by atoms with Gasteiger partial charge < -0.3 is 10.6 Å². The van der Waals surface area contributed by atoms with Crippen LogP contribution >= 0.6 is 11.3 Å². The molecular formula is C13H21N3S. The van der Waals surface area contributed by atoms with Crippen molar-refractivity contribution in [2.24, 2.45) is 10.9 Å². The summed E-state index contributed by atoms with van der Waals surface area (Å²) < 4.78 is 0. The van der Waals surface area contributed by atoms with E-state index in [1.54, 1.807) is 11.3 Å². The molecule has 1 aromatic heterocycles. The van der Waals surface area contributed by atoms with E-state index in [-0.39, 0.29) is 0 Å². The second kappa shape index (κ2) is 6.05. The molecular weight excluding hydrogens is 230 g/mol. The fourth-order valence-corrected chi connectivity index (χ4v) is 2.58. The Balaban J connectivity index is 1.93. The van der Waals surface area contributed by atoms with Gasteiger partial charge >= 0.3 is 0 Å². The van der Waals surface area contributed by atoms with Gasteiger partial charge in [0, 0.05) is 13.1 Å². The number of guanidine groups is 1. The highest BCUT2D eigenvalue weighted by Crippen LogP contribution is 2.25. The monoisotopic (exact) mass is 251 g/mol. The molecule has 1 fully saturated rings. The largest absolute Gasteiger partial charge is 0.356 e. The lowest BCUT2D eigenvalue weighted by molar-refractivity contribution is 0.587. The molecule has 94 valence electrons. The Morgan fingerprint density at radius 2 is 2.12 bits per heavy atom. The van der Waals surface area contributed by atoms with Crippen LogP contribution in [0.1, 0.15) is 32.3 Å². The van der Waals surface area contributed by atoms with Crippen molar-refractivity contribution in [1.82, 2.24) is 10.6 Å². The zero-order valence-electron chi connectivity index (χ0n) is 10.6. The summed E-state index contributed by atoms with van der Waals surface area (Å²) in [5, 5.41) is 9.87. The Bertz CT molecular complexity index is 374. The number of nitrogens with one attached hydrogen (secondary N) is 2. The van der Waals surface area contributed by atoms with Gasteiger partial charge in [0.25, 0.3) is 0 Å². The molecule has 1 aliphatic rings. The van der Waals surface area contributed by atoms with Crippen molar-refractivity contribution in [1.29, 1.82) is 0 Å². The second-order valence-electron chi connectivity index (χ2n) is 4.89. The molecule has 0 unspecified atom stereocenters. The Morgan fingerprint density at radius 3 is 2.82 bits per heavy atom. The van der Waals surface area contributed by atoms with E-state index < -0.39 is 0 Å². The maximum absolute atomic E-state index is 4.58. The first-order valence-electron chi connectivity index (χ1n) is 6.38. The lowest BCUT2D eigenvalue weighted by atomic mass is 10.1. The summed E-state index contributed by atoms with van der Waals surface area (Å²) >= 11 is 1.73. The molecule has 0 aliphatic carbocycles. The number of hydrogen-bond donors (Lipinski definition) is 2. The van der Waals surface area contributed by atoms with E-state index in [1.807, 2.05) is 0 Å². The number of thiophene rings is 1. The van der Waals surface area contributed by atoms with Crippen molar-refractivity contribution in [2.45, 2.75) is 33.1 Å². The predicted molar refractivity (Wildman–Crippen MR) is 75.2 cm³/mol. The van der Waals surface area contributed by atoms with Crippen LogP contribution in [0.25, 0.3) is 0 Å². The molecule has 2 rings (SSSR count). The molecule has 0 radical (unpaired) electrons. The highest BCUT2D eigenvalue weighted by atomic mass is 32.1. The smallest absolute Gasteiger partial charge is 0.197 e. The third kappa shape index (κ3) is 4.04. The summed E-state index contributed by atoms with van der Waals surface area (Å²) in [6.07, 6.45) is 3.59. The molecule has 0 spiro atoms. The molecule has 0 bridgehead atoms. The topological polar surface area (TPSA) is 36.4 Å². The van der Waals surface area contributed by atoms with Gasteiger partial charge in [0.1, 0.15) is 5.00 Å². The van der Waals surface area contributed by atoms with Crippen molar-refractivity contribution in [2.75, 3.05) is 13.1 Å². The summed E-state index contributed by atoms with van der Waals surface area (Å²) in [7, 11) is 0. The van der Waals surface area contributed by atoms with Crippen molar-refractivity contribution in [3.8, 4) is 0 Å². The third-order valence-corrected chi connectivity index (χ3v) is 3.68. The van der Waals surface area contributed by atoms with Crippen molar-refractivity contribution < 1.29 is 0 Å². The quantitative estimate of drug-likeness (QED) is 0.863. The van der Waals surface area contributed by atoms with Crippen LogP contribution in [0.4, 0.5) is 5.00 Å². The molecule has 0 amide bonds. The van der Waals surface area contributed by atoms with Crippen molar-refractivity contribution >= 4 is 22.3 Å². The van der Waals surface area contributed by atoms with E-state index >= 15 is 0 Å². The molecule has 0 saturated carbocycles. The molecule has 0 atom stereocenters. The standard InChI is InChI=1S/C13H21N3S/c1-10(2)4-5-11-8-12(17-9-11)16-13-14-6-3-7-15-13/h8-10H,3-7H2,1-2H3,(H2,14,15,16). The van der Waals surface area contributed by atoms with Crippen LogP contribution in [0.15, 0.2) is 16.4 Å². The van der Waals surface area contributed by atoms with Crippen LogP contribution < -0.4 is 10.6 Å². The fraction of sp³-hybridized carbons (Fsp3) is 0.615. The lowest BCUT2D eigenvalue weighted by Crippen LogP contribution is -2.43. The number of rotatable bonds is 4. The van der Waals surface area contributed by atoms with Crippen LogP contribution in [0.5, 0.6) is 0 Å². The molecule has 2 heterocycles. The van der Waals surface area contributed by atoms with E-state index in [0.29, 0.717) is 0 Å². The predicted octanol–water partition coefficient (Wildman–Crippen LogP) is 2.91. The number of hydrogen-bond acceptors (Lipinski definition) is 2. The molecule has 1 aromatic rings. The van der Waals surface area contributed by atoms with Gasteiger partial charge in [0.15, 0.2) is 5.96 Å². The van der Waals surface area contributed by atoms with Gasteiger partial charge in [-0.25, -0.2) is 4.99 Å². The van der Waals surface area contributed by atoms with Gasteiger partial charge in [0.2, 0.25) is 0 Å². The van der Waals surface area contributed by atoms with Crippen LogP contribution in [-0.2, 0) is 6.42 Å². The Labute approximate surface area is 107 Å². The van der Waals surface area contributed by atoms with Crippen LogP contribution in [0.3, 0.4) is 0 Å². The minimum Gasteiger partial charge on any atom is -0.356 e. The molecule has 1 saturated heterocycles. The molecule has 2 N–H and O–H groups in total. The maximum Gasteiger partial charge on any atom is 0.197 e. The Hall–Kier alpha value is -1.03. The first kappa shape index (κ1) is 12.4. The van der Waals surface area contributed by atoms with Crippen molar-refractivity contribution in [3.05, 3.63) is 17.0 Å². The molecule has 17 heavy (non-hydrogen) atoms. The van der Waals surface area contributed by atoms with E-state index in [1.165, 1.54) is 24.8 Å². The van der Waals surface area contributed by atoms with Crippen molar-refractivity contribution in [3.63, 3.8) is 0 Å². The van der Waals surface area contributed by atoms with Gasteiger partial charge in [0.05, 0.1) is 0 Å². The second-order valence-corrected chi connectivity index (χ2v) is 5.78. The van der Waals surface area contributed by atoms with E-state index in [2.05, 4.69) is 40.9 Å². The first-order valence-corrected chi connectivity index (χ1v) is 7.26. The molecule has 4 heteroatoms. The highest BCUT2D eigenvalue weighted by molar-refractivity contribution is 7.14. The average Bonchev–Trinajstić information content (AvgIpc) is 2.75. The van der Waals surface area contributed by atoms with E-state index in [0.717, 1.165) is 30.0 Å². The summed E-state index contributed by atoms with van der Waals surface area (Å²) in [5.41, 5.74) is 1.42. The minimum absolute atomic E-state index is 0.770. The zero-order valence-corrected chi connectivity index (χ0v) is 11.4. The average molecular weight is 251 g/mol. The Morgan fingerprint density at radius 1 is 1.35 bits per heavy atom. The van der Waals surface area contributed by atoms with E-state index in [9.17, 15) is 0 Å². The fourth-order valence-electron chi connectivity index (χ4n) is 1.76. The van der Waals surface area contributed by atoms with Gasteiger partial charge in [-0.2, -0.15) is 0 Å². The molecule has 1 aliphatic heterocycles. The van der Waals surface area contributed by atoms with Gasteiger partial charge in [-0.1, -0.05) is 13.8 Å². The maximum atomic E-state index is 4.58. The number of aryl methyl sites for hydroxylation is 1. The lowest BCUT2D eigenvalue weighted by Gasteiger charge is -2.16. The molecule has 3 nitrogen and oxygen atoms in total. The van der Waals surface area contributed by atoms with Crippen LogP contribution in [0, 0.1) is 5.92 Å². The number of nitrogens with zero attached hydrogens (tertiary/aromatic N) is 1. The summed E-state index contributed by atoms with van der Waals surface area (Å²) in [6.45, 7) is 6.58. The summed E-state index contributed by atoms with van der Waals surface area (Å²) in [5.74, 6) is 1.69. The molecule has 0 aromatic carbocycles. The SMILES string of the molecule is CC(C)CCc1csc(N=C2NCCCN2)c1.